The van der Waals surface area contributed by atoms with Gasteiger partial charge >= 0.3 is 17.9 Å². The van der Waals surface area contributed by atoms with Crippen molar-refractivity contribution in [3.05, 3.63) is 41.0 Å². The fourth-order valence-corrected chi connectivity index (χ4v) is 2.64. The Morgan fingerprint density at radius 1 is 1.26 bits per heavy atom. The average molecular weight is 380 g/mol. The second kappa shape index (κ2) is 9.15. The minimum atomic E-state index is -1.47. The Morgan fingerprint density at radius 2 is 1.96 bits per heavy atom. The largest absolute Gasteiger partial charge is 0.490 e. The van der Waals surface area contributed by atoms with Crippen LogP contribution in [-0.4, -0.2) is 65.8 Å². The molecule has 1 aliphatic rings. The number of hydrogen-bond donors (Lipinski definition) is 3. The molecule has 146 valence electrons. The molecule has 0 amide bonds. The van der Waals surface area contributed by atoms with Gasteiger partial charge in [0.25, 0.3) is 0 Å². The number of aliphatic hydroxyl groups excluding tert-OH is 1. The van der Waals surface area contributed by atoms with E-state index in [1.165, 1.54) is 6.07 Å². The minimum Gasteiger partial charge on any atom is -0.490 e. The van der Waals surface area contributed by atoms with E-state index in [1.54, 1.807) is 0 Å². The molecule has 1 saturated heterocycles. The van der Waals surface area contributed by atoms with Crippen LogP contribution in [0.25, 0.3) is 0 Å². The highest BCUT2D eigenvalue weighted by molar-refractivity contribution is 6.04. The van der Waals surface area contributed by atoms with E-state index in [1.807, 2.05) is 0 Å². The zero-order valence-corrected chi connectivity index (χ0v) is 14.5. The van der Waals surface area contributed by atoms with Crippen molar-refractivity contribution in [2.75, 3.05) is 26.4 Å². The molecule has 1 heterocycles. The summed E-state index contributed by atoms with van der Waals surface area (Å²) >= 11 is 0. The van der Waals surface area contributed by atoms with Gasteiger partial charge in [0.05, 0.1) is 31.5 Å². The quantitative estimate of drug-likeness (QED) is 0.287. The predicted molar refractivity (Wildman–Crippen MR) is 91.2 cm³/mol. The molecule has 1 aromatic rings. The summed E-state index contributed by atoms with van der Waals surface area (Å²) in [5, 5.41) is 28.0. The molecule has 1 unspecified atom stereocenters. The van der Waals surface area contributed by atoms with Crippen LogP contribution in [-0.2, 0) is 27.1 Å². The number of epoxide rings is 1. The Kier molecular flexibility index (Phi) is 6.91. The van der Waals surface area contributed by atoms with E-state index in [0.717, 1.165) is 6.08 Å². The Hall–Kier alpha value is -2.91. The van der Waals surface area contributed by atoms with Gasteiger partial charge in [-0.05, 0) is 11.6 Å². The third-order valence-corrected chi connectivity index (χ3v) is 3.87. The van der Waals surface area contributed by atoms with Crippen molar-refractivity contribution >= 4 is 17.9 Å². The molecular formula is C18H20O9. The number of benzene rings is 1. The lowest BCUT2D eigenvalue weighted by atomic mass is 9.92. The van der Waals surface area contributed by atoms with Crippen molar-refractivity contribution in [2.24, 2.45) is 0 Å². The second-order valence-corrected chi connectivity index (χ2v) is 5.73. The van der Waals surface area contributed by atoms with Gasteiger partial charge < -0.3 is 29.5 Å². The van der Waals surface area contributed by atoms with Crippen LogP contribution >= 0.6 is 0 Å². The third kappa shape index (κ3) is 5.28. The van der Waals surface area contributed by atoms with Gasteiger partial charge in [0.15, 0.2) is 0 Å². The van der Waals surface area contributed by atoms with Crippen molar-refractivity contribution in [1.82, 2.24) is 0 Å². The molecule has 0 spiro atoms. The molecule has 2 rings (SSSR count). The number of rotatable bonds is 11. The van der Waals surface area contributed by atoms with Gasteiger partial charge in [-0.1, -0.05) is 6.58 Å². The molecular weight excluding hydrogens is 360 g/mol. The smallest absolute Gasteiger partial charge is 0.340 e. The van der Waals surface area contributed by atoms with Crippen molar-refractivity contribution in [3.8, 4) is 5.75 Å². The van der Waals surface area contributed by atoms with Crippen molar-refractivity contribution < 1.29 is 43.9 Å². The molecule has 9 nitrogen and oxygen atoms in total. The lowest BCUT2D eigenvalue weighted by Gasteiger charge is -2.19. The summed E-state index contributed by atoms with van der Waals surface area (Å²) in [7, 11) is 0. The van der Waals surface area contributed by atoms with E-state index < -0.39 is 29.0 Å². The molecule has 1 fully saturated rings. The standard InChI is InChI=1S/C18H20O9/c1-2-14(20)25-5-3-12-10(7-11-9-27-11)8-13(17(21)22)15(18(23)24)16(12)26-6-4-19/h2,8,11,19H,1,3-7,9H2,(H,21,22)(H,23,24). The lowest BCUT2D eigenvalue weighted by molar-refractivity contribution is -0.137. The molecule has 9 heteroatoms. The zero-order chi connectivity index (χ0) is 20.0. The Bertz CT molecular complexity index is 750. The monoisotopic (exact) mass is 380 g/mol. The highest BCUT2D eigenvalue weighted by atomic mass is 16.6. The first-order chi connectivity index (χ1) is 12.9. The normalized spacial score (nSPS) is 15.1. The van der Waals surface area contributed by atoms with Gasteiger partial charge in [0.2, 0.25) is 0 Å². The van der Waals surface area contributed by atoms with E-state index in [2.05, 4.69) is 6.58 Å². The maximum absolute atomic E-state index is 11.7. The Morgan fingerprint density at radius 3 is 2.48 bits per heavy atom. The Balaban J connectivity index is 2.52. The maximum Gasteiger partial charge on any atom is 0.340 e. The summed E-state index contributed by atoms with van der Waals surface area (Å²) in [6, 6.07) is 1.28. The van der Waals surface area contributed by atoms with Crippen LogP contribution in [0, 0.1) is 0 Å². The number of carbonyl (C=O) groups excluding carboxylic acids is 1. The van der Waals surface area contributed by atoms with Gasteiger partial charge in [0.1, 0.15) is 17.9 Å². The highest BCUT2D eigenvalue weighted by Gasteiger charge is 2.30. The molecule has 1 aromatic carbocycles. The van der Waals surface area contributed by atoms with Gasteiger partial charge in [-0.2, -0.15) is 0 Å². The maximum atomic E-state index is 11.7. The second-order valence-electron chi connectivity index (χ2n) is 5.73. The number of aliphatic hydroxyl groups is 1. The zero-order valence-electron chi connectivity index (χ0n) is 14.5. The first-order valence-electron chi connectivity index (χ1n) is 8.18. The first kappa shape index (κ1) is 20.4. The Labute approximate surface area is 154 Å². The predicted octanol–water partition coefficient (Wildman–Crippen LogP) is 0.667. The summed E-state index contributed by atoms with van der Waals surface area (Å²) in [6.45, 7) is 3.12. The summed E-state index contributed by atoms with van der Waals surface area (Å²) < 4.78 is 15.5. The van der Waals surface area contributed by atoms with E-state index >= 15 is 0 Å². The van der Waals surface area contributed by atoms with Crippen LogP contribution in [0.15, 0.2) is 18.7 Å². The molecule has 0 aromatic heterocycles. The molecule has 1 atom stereocenters. The van der Waals surface area contributed by atoms with Crippen molar-refractivity contribution in [2.45, 2.75) is 18.9 Å². The minimum absolute atomic E-state index is 0.0790. The van der Waals surface area contributed by atoms with Crippen molar-refractivity contribution in [3.63, 3.8) is 0 Å². The van der Waals surface area contributed by atoms with Gasteiger partial charge in [-0.3, -0.25) is 0 Å². The van der Waals surface area contributed by atoms with Gasteiger partial charge in [-0.15, -0.1) is 0 Å². The molecule has 0 aliphatic carbocycles. The highest BCUT2D eigenvalue weighted by Crippen LogP contribution is 2.34. The molecule has 0 bridgehead atoms. The number of carbonyl (C=O) groups is 3. The van der Waals surface area contributed by atoms with Crippen LogP contribution in [0.3, 0.4) is 0 Å². The van der Waals surface area contributed by atoms with E-state index in [9.17, 15) is 24.6 Å². The van der Waals surface area contributed by atoms with Gasteiger partial charge in [0, 0.05) is 24.5 Å². The molecule has 0 radical (unpaired) electrons. The lowest BCUT2D eigenvalue weighted by Crippen LogP contribution is -2.18. The van der Waals surface area contributed by atoms with E-state index in [-0.39, 0.29) is 38.1 Å². The SMILES string of the molecule is C=CC(=O)OCCc1c(CC2CO2)cc(C(=O)O)c(C(=O)O)c1OCCO. The fraction of sp³-hybridized carbons (Fsp3) is 0.389. The summed E-state index contributed by atoms with van der Waals surface area (Å²) in [5.74, 6) is -3.68. The third-order valence-electron chi connectivity index (χ3n) is 3.87. The average Bonchev–Trinajstić information content (AvgIpc) is 3.44. The number of aromatic carboxylic acids is 2. The van der Waals surface area contributed by atoms with Crippen LogP contribution in [0.4, 0.5) is 0 Å². The molecule has 1 aliphatic heterocycles. The first-order valence-corrected chi connectivity index (χ1v) is 8.18. The van der Waals surface area contributed by atoms with Crippen LogP contribution in [0.5, 0.6) is 5.75 Å². The van der Waals surface area contributed by atoms with Crippen LogP contribution < -0.4 is 4.74 Å². The number of carboxylic acids is 2. The van der Waals surface area contributed by atoms with Crippen LogP contribution in [0.2, 0.25) is 0 Å². The summed E-state index contributed by atoms with van der Waals surface area (Å²) in [4.78, 5) is 34.5. The molecule has 0 saturated carbocycles. The van der Waals surface area contributed by atoms with Crippen molar-refractivity contribution in [1.29, 1.82) is 0 Å². The summed E-state index contributed by atoms with van der Waals surface area (Å²) in [6.07, 6.45) is 1.36. The summed E-state index contributed by atoms with van der Waals surface area (Å²) in [5.41, 5.74) is 0.0000858. The number of hydrogen-bond acceptors (Lipinski definition) is 7. The molecule has 3 N–H and O–H groups in total. The van der Waals surface area contributed by atoms with E-state index in [0.29, 0.717) is 24.2 Å². The topological polar surface area (TPSA) is 143 Å². The molecule has 27 heavy (non-hydrogen) atoms. The van der Waals surface area contributed by atoms with Crippen LogP contribution in [0.1, 0.15) is 31.8 Å². The number of carboxylic acid groups (broad SMARTS) is 2. The number of ether oxygens (including phenoxy) is 3. The fourth-order valence-electron chi connectivity index (χ4n) is 2.64. The van der Waals surface area contributed by atoms with Gasteiger partial charge in [-0.25, -0.2) is 14.4 Å². The number of esters is 1. The van der Waals surface area contributed by atoms with E-state index in [4.69, 9.17) is 19.3 Å².